The molecule has 13 heteroatoms. The molecule has 0 aromatic heterocycles. The summed E-state index contributed by atoms with van der Waals surface area (Å²) in [5.41, 5.74) is -0.483. The van der Waals surface area contributed by atoms with Crippen LogP contribution in [0.1, 0.15) is 19.4 Å². The third-order valence-electron chi connectivity index (χ3n) is 5.61. The first kappa shape index (κ1) is 28.6. The molecule has 1 aromatic rings. The third-order valence-corrected chi connectivity index (χ3v) is 6.90. The van der Waals surface area contributed by atoms with E-state index in [1.165, 1.54) is 17.8 Å². The Balaban J connectivity index is 1.39. The number of esters is 1. The van der Waals surface area contributed by atoms with Gasteiger partial charge in [0.2, 0.25) is 0 Å². The highest BCUT2D eigenvalue weighted by Gasteiger charge is 2.44. The van der Waals surface area contributed by atoms with Gasteiger partial charge in [0.1, 0.15) is 47.6 Å². The predicted molar refractivity (Wildman–Crippen MR) is 128 cm³/mol. The molecule has 1 aromatic carbocycles. The minimum absolute atomic E-state index is 0.0271. The Morgan fingerprint density at radius 1 is 1.17 bits per heavy atom. The lowest BCUT2D eigenvalue weighted by atomic mass is 9.99. The molecule has 12 nitrogen and oxygen atoms in total. The summed E-state index contributed by atoms with van der Waals surface area (Å²) >= 11 is 1.37. The SMILES string of the molecule is CCOC(=O)[C@@]1(C)CSC(c2ccc(OCCOCCO[C@@H]3OC(CO)[C@H](O)C(O)C3O)cc2O)=N1. The van der Waals surface area contributed by atoms with Gasteiger partial charge in [-0.2, -0.15) is 0 Å². The molecule has 1 saturated heterocycles. The molecule has 5 N–H and O–H groups in total. The van der Waals surface area contributed by atoms with Crippen molar-refractivity contribution < 1.29 is 54.0 Å². The van der Waals surface area contributed by atoms with E-state index in [2.05, 4.69) is 4.99 Å². The number of hydrogen-bond acceptors (Lipinski definition) is 13. The van der Waals surface area contributed by atoms with E-state index < -0.39 is 48.8 Å². The number of hydrogen-bond donors (Lipinski definition) is 5. The minimum Gasteiger partial charge on any atom is -0.507 e. The Kier molecular flexibility index (Phi) is 10.3. The molecule has 0 amide bonds. The lowest BCUT2D eigenvalue weighted by Crippen LogP contribution is -2.59. The van der Waals surface area contributed by atoms with Crippen LogP contribution in [-0.2, 0) is 23.7 Å². The number of phenolic OH excluding ortho intramolecular Hbond substituents is 1. The van der Waals surface area contributed by atoms with Crippen molar-refractivity contribution in [2.75, 3.05) is 45.4 Å². The molecule has 3 rings (SSSR count). The van der Waals surface area contributed by atoms with Crippen LogP contribution in [0.2, 0.25) is 0 Å². The van der Waals surface area contributed by atoms with Crippen molar-refractivity contribution in [2.24, 2.45) is 4.99 Å². The summed E-state index contributed by atoms with van der Waals surface area (Å²) in [6, 6.07) is 4.81. The van der Waals surface area contributed by atoms with Gasteiger partial charge in [0.25, 0.3) is 0 Å². The molecule has 2 aliphatic heterocycles. The fraction of sp³-hybridized carbons (Fsp3) is 0.652. The summed E-state index contributed by atoms with van der Waals surface area (Å²) in [4.78, 5) is 16.6. The molecule has 0 saturated carbocycles. The number of aromatic hydroxyl groups is 1. The monoisotopic (exact) mass is 531 g/mol. The Labute approximate surface area is 212 Å². The highest BCUT2D eigenvalue weighted by molar-refractivity contribution is 8.14. The van der Waals surface area contributed by atoms with Gasteiger partial charge in [-0.1, -0.05) is 0 Å². The molecule has 1 fully saturated rings. The van der Waals surface area contributed by atoms with E-state index in [1.807, 2.05) is 0 Å². The minimum atomic E-state index is -1.50. The molecule has 0 aliphatic carbocycles. The lowest BCUT2D eigenvalue weighted by molar-refractivity contribution is -0.302. The Bertz CT molecular complexity index is 914. The molecular weight excluding hydrogens is 498 g/mol. The smallest absolute Gasteiger partial charge is 0.334 e. The van der Waals surface area contributed by atoms with E-state index in [9.17, 15) is 30.3 Å². The van der Waals surface area contributed by atoms with Crippen molar-refractivity contribution in [3.05, 3.63) is 23.8 Å². The maximum Gasteiger partial charge on any atom is 0.334 e. The summed E-state index contributed by atoms with van der Waals surface area (Å²) in [6.45, 7) is 3.75. The van der Waals surface area contributed by atoms with Crippen molar-refractivity contribution >= 4 is 22.8 Å². The van der Waals surface area contributed by atoms with Gasteiger partial charge in [-0.25, -0.2) is 4.79 Å². The van der Waals surface area contributed by atoms with E-state index in [4.69, 9.17) is 23.7 Å². The van der Waals surface area contributed by atoms with Crippen LogP contribution in [0.5, 0.6) is 11.5 Å². The zero-order valence-corrected chi connectivity index (χ0v) is 20.9. The van der Waals surface area contributed by atoms with Crippen LogP contribution in [0.3, 0.4) is 0 Å². The first-order valence-corrected chi connectivity index (χ1v) is 12.5. The molecule has 0 bridgehead atoms. The van der Waals surface area contributed by atoms with Gasteiger partial charge in [-0.15, -0.1) is 11.8 Å². The highest BCUT2D eigenvalue weighted by Crippen LogP contribution is 2.36. The van der Waals surface area contributed by atoms with Crippen molar-refractivity contribution in [1.82, 2.24) is 0 Å². The van der Waals surface area contributed by atoms with Crippen LogP contribution < -0.4 is 4.74 Å². The Morgan fingerprint density at radius 2 is 1.92 bits per heavy atom. The summed E-state index contributed by atoms with van der Waals surface area (Å²) < 4.78 is 26.7. The van der Waals surface area contributed by atoms with Gasteiger partial charge in [0.15, 0.2) is 11.8 Å². The largest absolute Gasteiger partial charge is 0.507 e. The number of aliphatic hydroxyl groups excluding tert-OH is 4. The first-order chi connectivity index (χ1) is 17.2. The van der Waals surface area contributed by atoms with Gasteiger partial charge in [0.05, 0.1) is 33.0 Å². The average Bonchev–Trinajstić information content (AvgIpc) is 3.26. The number of aliphatic imine (C=N–C) groups is 1. The summed E-state index contributed by atoms with van der Waals surface area (Å²) in [5.74, 6) is 0.427. The molecule has 202 valence electrons. The molecule has 3 unspecified atom stereocenters. The maximum atomic E-state index is 12.2. The Hall–Kier alpha value is -1.97. The zero-order chi connectivity index (χ0) is 26.3. The van der Waals surface area contributed by atoms with E-state index >= 15 is 0 Å². The summed E-state index contributed by atoms with van der Waals surface area (Å²) in [5, 5.41) is 49.6. The number of nitrogens with zero attached hydrogens (tertiary/aromatic N) is 1. The molecular formula is C23H33NO11S. The van der Waals surface area contributed by atoms with Gasteiger partial charge < -0.3 is 49.2 Å². The van der Waals surface area contributed by atoms with Crippen LogP contribution >= 0.6 is 11.8 Å². The van der Waals surface area contributed by atoms with Crippen LogP contribution in [-0.4, -0.2) is 118 Å². The van der Waals surface area contributed by atoms with Crippen molar-refractivity contribution in [3.63, 3.8) is 0 Å². The quantitative estimate of drug-likeness (QED) is 0.172. The van der Waals surface area contributed by atoms with Gasteiger partial charge >= 0.3 is 5.97 Å². The summed E-state index contributed by atoms with van der Waals surface area (Å²) in [7, 11) is 0. The predicted octanol–water partition coefficient (Wildman–Crippen LogP) is -0.581. The third kappa shape index (κ3) is 6.86. The van der Waals surface area contributed by atoms with Crippen molar-refractivity contribution in [1.29, 1.82) is 0 Å². The van der Waals surface area contributed by atoms with E-state index in [0.29, 0.717) is 22.1 Å². The second-order valence-corrected chi connectivity index (χ2v) is 9.37. The molecule has 0 spiro atoms. The standard InChI is InChI=1S/C23H33NO11S/c1-3-32-22(30)23(2)12-36-20(24-23)14-5-4-13(10-15(14)26)33-8-6-31-7-9-34-21-19(29)18(28)17(27)16(11-25)35-21/h4-5,10,16-19,21,25-29H,3,6-9,11-12H2,1-2H3/t16?,17-,18?,19?,21+,23+/m0/s1. The molecule has 0 radical (unpaired) electrons. The number of phenols is 1. The Morgan fingerprint density at radius 3 is 2.61 bits per heavy atom. The topological polar surface area (TPSA) is 177 Å². The van der Waals surface area contributed by atoms with Crippen molar-refractivity contribution in [2.45, 2.75) is 50.1 Å². The number of carbonyl (C=O) groups is 1. The second-order valence-electron chi connectivity index (χ2n) is 8.41. The van der Waals surface area contributed by atoms with E-state index in [1.54, 1.807) is 26.0 Å². The lowest BCUT2D eigenvalue weighted by Gasteiger charge is -2.39. The van der Waals surface area contributed by atoms with Crippen LogP contribution in [0.4, 0.5) is 0 Å². The van der Waals surface area contributed by atoms with Crippen LogP contribution in [0.25, 0.3) is 0 Å². The first-order valence-electron chi connectivity index (χ1n) is 11.6. The number of thioether (sulfide) groups is 1. The normalized spacial score (nSPS) is 30.2. The number of ether oxygens (including phenoxy) is 5. The number of benzene rings is 1. The van der Waals surface area contributed by atoms with E-state index in [0.717, 1.165) is 0 Å². The zero-order valence-electron chi connectivity index (χ0n) is 20.1. The maximum absolute atomic E-state index is 12.2. The fourth-order valence-electron chi connectivity index (χ4n) is 3.56. The number of carbonyl (C=O) groups excluding carboxylic acids is 1. The van der Waals surface area contributed by atoms with Crippen molar-refractivity contribution in [3.8, 4) is 11.5 Å². The number of aliphatic hydroxyl groups is 4. The fourth-order valence-corrected chi connectivity index (χ4v) is 4.75. The van der Waals surface area contributed by atoms with Crippen LogP contribution in [0.15, 0.2) is 23.2 Å². The van der Waals surface area contributed by atoms with E-state index in [-0.39, 0.29) is 38.8 Å². The molecule has 6 atom stereocenters. The molecule has 2 heterocycles. The van der Waals surface area contributed by atoms with Crippen LogP contribution in [0, 0.1) is 0 Å². The van der Waals surface area contributed by atoms with Gasteiger partial charge in [-0.3, -0.25) is 4.99 Å². The second kappa shape index (κ2) is 13.0. The summed E-state index contributed by atoms with van der Waals surface area (Å²) in [6.07, 6.45) is -6.65. The average molecular weight is 532 g/mol. The van der Waals surface area contributed by atoms with Gasteiger partial charge in [0, 0.05) is 17.4 Å². The molecule has 36 heavy (non-hydrogen) atoms. The highest BCUT2D eigenvalue weighted by atomic mass is 32.2. The van der Waals surface area contributed by atoms with Gasteiger partial charge in [-0.05, 0) is 26.0 Å². The molecule has 2 aliphatic rings. The number of rotatable bonds is 12.